The first kappa shape index (κ1) is 18.5. The minimum Gasteiger partial charge on any atom is -0.462 e. The average Bonchev–Trinajstić information content (AvgIpc) is 2.77. The van der Waals surface area contributed by atoms with Crippen LogP contribution in [0.5, 0.6) is 5.75 Å². The molecule has 3 aromatic rings. The molecule has 150 valence electrons. The second-order valence-corrected chi connectivity index (χ2v) is 7.33. The molecule has 6 atom stereocenters. The summed E-state index contributed by atoms with van der Waals surface area (Å²) in [5.41, 5.74) is 0.849. The van der Waals surface area contributed by atoms with E-state index in [0.717, 1.165) is 16.3 Å². The van der Waals surface area contributed by atoms with Crippen molar-refractivity contribution in [1.29, 1.82) is 0 Å². The van der Waals surface area contributed by atoms with E-state index in [1.807, 2.05) is 72.8 Å². The van der Waals surface area contributed by atoms with Crippen LogP contribution in [0.4, 0.5) is 0 Å². The topological polar surface area (TPSA) is 77.4 Å². The maximum Gasteiger partial charge on any atom is 0.229 e. The lowest BCUT2D eigenvalue weighted by molar-refractivity contribution is -0.350. The van der Waals surface area contributed by atoms with Gasteiger partial charge in [0.2, 0.25) is 6.29 Å². The first-order valence-corrected chi connectivity index (χ1v) is 9.68. The van der Waals surface area contributed by atoms with Gasteiger partial charge in [0.15, 0.2) is 6.29 Å². The zero-order chi connectivity index (χ0) is 19.8. The van der Waals surface area contributed by atoms with E-state index >= 15 is 0 Å². The number of benzene rings is 3. The third kappa shape index (κ3) is 3.61. The molecule has 6 heteroatoms. The van der Waals surface area contributed by atoms with Crippen LogP contribution >= 0.6 is 0 Å². The predicted octanol–water partition coefficient (Wildman–Crippen LogP) is 2.78. The van der Waals surface area contributed by atoms with Gasteiger partial charge in [0.05, 0.1) is 6.61 Å². The van der Waals surface area contributed by atoms with Crippen LogP contribution in [0.25, 0.3) is 10.8 Å². The Balaban J connectivity index is 1.31. The van der Waals surface area contributed by atoms with E-state index < -0.39 is 37.0 Å². The molecular weight excluding hydrogens is 372 g/mol. The maximum absolute atomic E-state index is 10.7. The highest BCUT2D eigenvalue weighted by molar-refractivity contribution is 5.83. The Bertz CT molecular complexity index is 975. The number of fused-ring (bicyclic) bond motifs is 2. The van der Waals surface area contributed by atoms with E-state index in [4.69, 9.17) is 18.9 Å². The van der Waals surface area contributed by atoms with Gasteiger partial charge in [0.1, 0.15) is 30.2 Å². The van der Waals surface area contributed by atoms with Crippen LogP contribution in [0.3, 0.4) is 0 Å². The number of ether oxygens (including phenoxy) is 4. The molecule has 0 saturated carbocycles. The Morgan fingerprint density at radius 3 is 2.38 bits per heavy atom. The smallest absolute Gasteiger partial charge is 0.229 e. The number of hydrogen-bond donors (Lipinski definition) is 2. The van der Waals surface area contributed by atoms with Crippen LogP contribution in [0.1, 0.15) is 11.9 Å². The number of aliphatic hydroxyl groups excluding tert-OH is 2. The molecule has 1 unspecified atom stereocenters. The predicted molar refractivity (Wildman–Crippen MR) is 105 cm³/mol. The molecule has 2 aliphatic heterocycles. The molecule has 2 fully saturated rings. The van der Waals surface area contributed by atoms with Crippen molar-refractivity contribution in [1.82, 2.24) is 0 Å². The molecule has 6 nitrogen and oxygen atoms in total. The quantitative estimate of drug-likeness (QED) is 0.711. The van der Waals surface area contributed by atoms with Gasteiger partial charge in [-0.1, -0.05) is 60.7 Å². The van der Waals surface area contributed by atoms with E-state index in [9.17, 15) is 10.2 Å². The van der Waals surface area contributed by atoms with Crippen LogP contribution in [-0.4, -0.2) is 47.5 Å². The molecule has 0 amide bonds. The van der Waals surface area contributed by atoms with Gasteiger partial charge in [-0.15, -0.1) is 0 Å². The fourth-order valence-electron chi connectivity index (χ4n) is 3.83. The SMILES string of the molecule is O[C@@H]1[C@@H](O)[C@H](Oc2ccc3ccccc3c2)O[C@@H]2COC(c3ccccc3)O[C@@H]12. The Hall–Kier alpha value is -2.48. The van der Waals surface area contributed by atoms with Crippen molar-refractivity contribution in [2.45, 2.75) is 37.0 Å². The molecule has 3 aromatic carbocycles. The van der Waals surface area contributed by atoms with E-state index in [1.54, 1.807) is 0 Å². The van der Waals surface area contributed by atoms with Gasteiger partial charge in [-0.2, -0.15) is 0 Å². The molecular formula is C23H22O6. The lowest BCUT2D eigenvalue weighted by atomic mass is 9.98. The highest BCUT2D eigenvalue weighted by atomic mass is 16.8. The Labute approximate surface area is 168 Å². The standard InChI is InChI=1S/C23H22O6/c24-19-20(25)23(27-17-11-10-14-6-4-5-9-16(14)12-17)28-18-13-26-22(29-21(18)19)15-7-2-1-3-8-15/h1-12,18-25H,13H2/t18-,19-,20-,21-,22?,23-/m1/s1. The largest absolute Gasteiger partial charge is 0.462 e. The first-order valence-electron chi connectivity index (χ1n) is 9.68. The minimum absolute atomic E-state index is 0.228. The fraction of sp³-hybridized carbons (Fsp3) is 0.304. The fourth-order valence-corrected chi connectivity index (χ4v) is 3.83. The molecule has 2 saturated heterocycles. The molecule has 0 radical (unpaired) electrons. The molecule has 29 heavy (non-hydrogen) atoms. The molecule has 0 bridgehead atoms. The summed E-state index contributed by atoms with van der Waals surface area (Å²) >= 11 is 0. The van der Waals surface area contributed by atoms with Crippen molar-refractivity contribution in [2.75, 3.05) is 6.61 Å². The van der Waals surface area contributed by atoms with Crippen molar-refractivity contribution in [3.8, 4) is 5.75 Å². The van der Waals surface area contributed by atoms with E-state index in [0.29, 0.717) is 5.75 Å². The van der Waals surface area contributed by atoms with Crippen LogP contribution in [0.2, 0.25) is 0 Å². The van der Waals surface area contributed by atoms with Crippen LogP contribution in [0, 0.1) is 0 Å². The normalized spacial score (nSPS) is 31.9. The van der Waals surface area contributed by atoms with Crippen molar-refractivity contribution in [2.24, 2.45) is 0 Å². The highest BCUT2D eigenvalue weighted by Crippen LogP contribution is 2.35. The average molecular weight is 394 g/mol. The monoisotopic (exact) mass is 394 g/mol. The molecule has 0 aliphatic carbocycles. The number of aliphatic hydroxyl groups is 2. The second kappa shape index (κ2) is 7.74. The summed E-state index contributed by atoms with van der Waals surface area (Å²) in [4.78, 5) is 0. The third-order valence-corrected chi connectivity index (χ3v) is 5.38. The molecule has 2 aliphatic rings. The van der Waals surface area contributed by atoms with Crippen LogP contribution in [0.15, 0.2) is 72.8 Å². The van der Waals surface area contributed by atoms with Crippen LogP contribution < -0.4 is 4.74 Å². The molecule has 0 aromatic heterocycles. The van der Waals surface area contributed by atoms with Crippen LogP contribution in [-0.2, 0) is 14.2 Å². The van der Waals surface area contributed by atoms with Gasteiger partial charge < -0.3 is 29.2 Å². The second-order valence-electron chi connectivity index (χ2n) is 7.33. The first-order chi connectivity index (χ1) is 14.2. The van der Waals surface area contributed by atoms with E-state index in [1.165, 1.54) is 0 Å². The van der Waals surface area contributed by atoms with Gasteiger partial charge in [-0.3, -0.25) is 0 Å². The van der Waals surface area contributed by atoms with Gasteiger partial charge in [0, 0.05) is 5.56 Å². The molecule has 2 heterocycles. The Kier molecular flexibility index (Phi) is 4.95. The number of rotatable bonds is 3. The molecule has 0 spiro atoms. The van der Waals surface area contributed by atoms with Crippen molar-refractivity contribution >= 4 is 10.8 Å². The maximum atomic E-state index is 10.7. The summed E-state index contributed by atoms with van der Waals surface area (Å²) in [6, 6.07) is 23.0. The van der Waals surface area contributed by atoms with E-state index in [-0.39, 0.29) is 6.61 Å². The summed E-state index contributed by atoms with van der Waals surface area (Å²) in [5, 5.41) is 23.4. The Morgan fingerprint density at radius 2 is 1.55 bits per heavy atom. The third-order valence-electron chi connectivity index (χ3n) is 5.38. The van der Waals surface area contributed by atoms with Crippen molar-refractivity contribution < 1.29 is 29.2 Å². The van der Waals surface area contributed by atoms with Gasteiger partial charge in [0.25, 0.3) is 0 Å². The lowest BCUT2D eigenvalue weighted by Gasteiger charge is -2.46. The summed E-state index contributed by atoms with van der Waals surface area (Å²) < 4.78 is 23.4. The minimum atomic E-state index is -1.25. The van der Waals surface area contributed by atoms with Crippen molar-refractivity contribution in [3.05, 3.63) is 78.4 Å². The lowest BCUT2D eigenvalue weighted by Crippen LogP contribution is -2.62. The summed E-state index contributed by atoms with van der Waals surface area (Å²) in [6.45, 7) is 0.228. The van der Waals surface area contributed by atoms with Gasteiger partial charge in [-0.25, -0.2) is 0 Å². The Morgan fingerprint density at radius 1 is 0.793 bits per heavy atom. The van der Waals surface area contributed by atoms with Crippen molar-refractivity contribution in [3.63, 3.8) is 0 Å². The molecule has 2 N–H and O–H groups in total. The number of hydrogen-bond acceptors (Lipinski definition) is 6. The van der Waals surface area contributed by atoms with Gasteiger partial charge in [-0.05, 0) is 22.9 Å². The highest BCUT2D eigenvalue weighted by Gasteiger charge is 2.49. The zero-order valence-corrected chi connectivity index (χ0v) is 15.6. The summed E-state index contributed by atoms with van der Waals surface area (Å²) in [5.74, 6) is 0.554. The summed E-state index contributed by atoms with van der Waals surface area (Å²) in [6.07, 6.45) is -5.29. The zero-order valence-electron chi connectivity index (χ0n) is 15.6. The van der Waals surface area contributed by atoms with E-state index in [2.05, 4.69) is 0 Å². The van der Waals surface area contributed by atoms with Gasteiger partial charge >= 0.3 is 0 Å². The molecule has 5 rings (SSSR count). The summed E-state index contributed by atoms with van der Waals surface area (Å²) in [7, 11) is 0.